The van der Waals surface area contributed by atoms with Gasteiger partial charge in [0.05, 0.1) is 6.10 Å². The second-order valence-electron chi connectivity index (χ2n) is 3.09. The Morgan fingerprint density at radius 3 is 2.00 bits per heavy atom. The lowest BCUT2D eigenvalue weighted by atomic mass is 9.98. The molecule has 2 N–H and O–H groups in total. The molecule has 2 heteroatoms. The highest BCUT2D eigenvalue weighted by molar-refractivity contribution is 4.79. The molecule has 0 aromatic rings. The van der Waals surface area contributed by atoms with Crippen LogP contribution in [0, 0.1) is 0 Å². The van der Waals surface area contributed by atoms with Gasteiger partial charge in [-0.3, -0.25) is 0 Å². The topological polar surface area (TPSA) is 32.3 Å². The van der Waals surface area contributed by atoms with E-state index in [1.165, 1.54) is 0 Å². The molecule has 1 heterocycles. The Bertz CT molecular complexity index is 69.9. The molecular weight excluding hydrogens is 114 g/mol. The maximum Gasteiger partial charge on any atom is 0.0569 e. The van der Waals surface area contributed by atoms with Gasteiger partial charge >= 0.3 is 0 Å². The molecule has 0 aromatic heterocycles. The minimum Gasteiger partial charge on any atom is -0.393 e. The molecule has 0 unspecified atom stereocenters. The van der Waals surface area contributed by atoms with E-state index >= 15 is 0 Å². The zero-order valence-corrected chi connectivity index (χ0v) is 6.09. The zero-order chi connectivity index (χ0) is 6.85. The molecule has 1 rings (SSSR count). The van der Waals surface area contributed by atoms with Crippen LogP contribution in [0.15, 0.2) is 0 Å². The number of aliphatic hydroxyl groups excluding tert-OH is 1. The third-order valence-corrected chi connectivity index (χ3v) is 1.82. The summed E-state index contributed by atoms with van der Waals surface area (Å²) in [6.07, 6.45) is 1.74. The second kappa shape index (κ2) is 2.67. The van der Waals surface area contributed by atoms with E-state index in [-0.39, 0.29) is 6.10 Å². The molecule has 54 valence electrons. The molecule has 1 aliphatic heterocycles. The molecule has 1 aliphatic rings. The SMILES string of the molecule is C[C@@H]1C[C@H](O)C[C@H](C)N1. The van der Waals surface area contributed by atoms with Gasteiger partial charge in [0, 0.05) is 12.1 Å². The Hall–Kier alpha value is -0.0800. The van der Waals surface area contributed by atoms with Crippen molar-refractivity contribution in [2.75, 3.05) is 0 Å². The minimum atomic E-state index is -0.0729. The monoisotopic (exact) mass is 129 g/mol. The van der Waals surface area contributed by atoms with Gasteiger partial charge < -0.3 is 10.4 Å². The summed E-state index contributed by atoms with van der Waals surface area (Å²) < 4.78 is 0. The van der Waals surface area contributed by atoms with Gasteiger partial charge in [0.1, 0.15) is 0 Å². The van der Waals surface area contributed by atoms with Crippen LogP contribution in [0.4, 0.5) is 0 Å². The second-order valence-corrected chi connectivity index (χ2v) is 3.09. The number of rotatable bonds is 0. The van der Waals surface area contributed by atoms with Crippen molar-refractivity contribution in [1.82, 2.24) is 5.32 Å². The van der Waals surface area contributed by atoms with E-state index in [0.29, 0.717) is 12.1 Å². The molecule has 1 fully saturated rings. The Labute approximate surface area is 56.3 Å². The van der Waals surface area contributed by atoms with Crippen LogP contribution in [0.3, 0.4) is 0 Å². The van der Waals surface area contributed by atoms with E-state index in [2.05, 4.69) is 19.2 Å². The van der Waals surface area contributed by atoms with Gasteiger partial charge in [-0.25, -0.2) is 0 Å². The summed E-state index contributed by atoms with van der Waals surface area (Å²) >= 11 is 0. The molecule has 9 heavy (non-hydrogen) atoms. The third-order valence-electron chi connectivity index (χ3n) is 1.82. The smallest absolute Gasteiger partial charge is 0.0569 e. The van der Waals surface area contributed by atoms with Gasteiger partial charge in [0.15, 0.2) is 0 Å². The van der Waals surface area contributed by atoms with E-state index in [1.807, 2.05) is 0 Å². The summed E-state index contributed by atoms with van der Waals surface area (Å²) in [6.45, 7) is 4.22. The first-order chi connectivity index (χ1) is 4.18. The Kier molecular flexibility index (Phi) is 2.09. The first-order valence-electron chi connectivity index (χ1n) is 3.62. The van der Waals surface area contributed by atoms with Crippen LogP contribution in [0.25, 0.3) is 0 Å². The molecule has 1 saturated heterocycles. The largest absolute Gasteiger partial charge is 0.393 e. The summed E-state index contributed by atoms with van der Waals surface area (Å²) in [4.78, 5) is 0. The lowest BCUT2D eigenvalue weighted by Gasteiger charge is -2.29. The third kappa shape index (κ3) is 1.95. The van der Waals surface area contributed by atoms with Gasteiger partial charge in [-0.15, -0.1) is 0 Å². The Morgan fingerprint density at radius 2 is 1.67 bits per heavy atom. The van der Waals surface area contributed by atoms with Crippen molar-refractivity contribution < 1.29 is 5.11 Å². The molecule has 0 radical (unpaired) electrons. The fourth-order valence-electron chi connectivity index (χ4n) is 1.53. The van der Waals surface area contributed by atoms with Crippen LogP contribution in [0.5, 0.6) is 0 Å². The van der Waals surface area contributed by atoms with E-state index < -0.39 is 0 Å². The molecule has 0 aromatic carbocycles. The minimum absolute atomic E-state index is 0.0729. The average Bonchev–Trinajstić information content (AvgIpc) is 1.59. The zero-order valence-electron chi connectivity index (χ0n) is 6.09. The molecule has 0 amide bonds. The predicted molar refractivity (Wildman–Crippen MR) is 37.3 cm³/mol. The van der Waals surface area contributed by atoms with Crippen LogP contribution in [-0.2, 0) is 0 Å². The summed E-state index contributed by atoms with van der Waals surface area (Å²) in [6, 6.07) is 0.979. The van der Waals surface area contributed by atoms with Crippen molar-refractivity contribution in [2.24, 2.45) is 0 Å². The first kappa shape index (κ1) is 7.03. The van der Waals surface area contributed by atoms with Crippen molar-refractivity contribution in [1.29, 1.82) is 0 Å². The van der Waals surface area contributed by atoms with Gasteiger partial charge in [-0.2, -0.15) is 0 Å². The van der Waals surface area contributed by atoms with E-state index in [1.54, 1.807) is 0 Å². The summed E-state index contributed by atoms with van der Waals surface area (Å²) in [5.41, 5.74) is 0. The van der Waals surface area contributed by atoms with E-state index in [0.717, 1.165) is 12.8 Å². The van der Waals surface area contributed by atoms with Crippen LogP contribution in [-0.4, -0.2) is 23.3 Å². The van der Waals surface area contributed by atoms with Crippen molar-refractivity contribution in [2.45, 2.75) is 44.9 Å². The van der Waals surface area contributed by atoms with Crippen LogP contribution in [0.2, 0.25) is 0 Å². The highest BCUT2D eigenvalue weighted by atomic mass is 16.3. The number of nitrogens with one attached hydrogen (secondary N) is 1. The fraction of sp³-hybridized carbons (Fsp3) is 1.00. The van der Waals surface area contributed by atoms with E-state index in [4.69, 9.17) is 0 Å². The molecule has 0 aliphatic carbocycles. The maximum absolute atomic E-state index is 9.21. The number of hydrogen-bond acceptors (Lipinski definition) is 2. The lowest BCUT2D eigenvalue weighted by molar-refractivity contribution is 0.102. The van der Waals surface area contributed by atoms with Crippen molar-refractivity contribution >= 4 is 0 Å². The summed E-state index contributed by atoms with van der Waals surface area (Å²) in [5, 5.41) is 12.6. The lowest BCUT2D eigenvalue weighted by Crippen LogP contribution is -2.44. The van der Waals surface area contributed by atoms with Crippen molar-refractivity contribution in [3.8, 4) is 0 Å². The first-order valence-corrected chi connectivity index (χ1v) is 3.62. The molecule has 2 nitrogen and oxygen atoms in total. The Balaban J connectivity index is 2.34. The van der Waals surface area contributed by atoms with Gasteiger partial charge in [-0.1, -0.05) is 0 Å². The number of aliphatic hydroxyl groups is 1. The van der Waals surface area contributed by atoms with Crippen molar-refractivity contribution in [3.63, 3.8) is 0 Å². The molecular formula is C7H15NO. The molecule has 0 saturated carbocycles. The van der Waals surface area contributed by atoms with Gasteiger partial charge in [0.2, 0.25) is 0 Å². The summed E-state index contributed by atoms with van der Waals surface area (Å²) in [7, 11) is 0. The molecule has 3 atom stereocenters. The highest BCUT2D eigenvalue weighted by Gasteiger charge is 2.20. The van der Waals surface area contributed by atoms with E-state index in [9.17, 15) is 5.11 Å². The standard InChI is InChI=1S/C7H15NO/c1-5-3-7(9)4-6(2)8-5/h5-9H,3-4H2,1-2H3/t5-,6+,7+. The van der Waals surface area contributed by atoms with Crippen LogP contribution >= 0.6 is 0 Å². The normalized spacial score (nSPS) is 45.0. The van der Waals surface area contributed by atoms with Crippen LogP contribution < -0.4 is 5.32 Å². The summed E-state index contributed by atoms with van der Waals surface area (Å²) in [5.74, 6) is 0. The van der Waals surface area contributed by atoms with Crippen LogP contribution in [0.1, 0.15) is 26.7 Å². The maximum atomic E-state index is 9.21. The predicted octanol–water partition coefficient (Wildman–Crippen LogP) is 0.508. The molecule has 0 bridgehead atoms. The molecule has 0 spiro atoms. The number of hydrogen-bond donors (Lipinski definition) is 2. The fourth-order valence-corrected chi connectivity index (χ4v) is 1.53. The van der Waals surface area contributed by atoms with Crippen molar-refractivity contribution in [3.05, 3.63) is 0 Å². The van der Waals surface area contributed by atoms with Gasteiger partial charge in [0.25, 0.3) is 0 Å². The van der Waals surface area contributed by atoms with Gasteiger partial charge in [-0.05, 0) is 26.7 Å². The quantitative estimate of drug-likeness (QED) is 0.499. The highest BCUT2D eigenvalue weighted by Crippen LogP contribution is 2.11. The average molecular weight is 129 g/mol. The number of piperidine rings is 1. The Morgan fingerprint density at radius 1 is 1.22 bits per heavy atom.